The van der Waals surface area contributed by atoms with Crippen molar-refractivity contribution < 1.29 is 14.3 Å². The van der Waals surface area contributed by atoms with Crippen LogP contribution in [0.3, 0.4) is 0 Å². The average molecular weight is 272 g/mol. The van der Waals surface area contributed by atoms with Gasteiger partial charge in [-0.3, -0.25) is 4.79 Å². The minimum atomic E-state index is -0.619. The number of hydrogen-bond acceptors (Lipinski definition) is 5. The molecule has 0 aromatic carbocycles. The summed E-state index contributed by atoms with van der Waals surface area (Å²) in [6.45, 7) is 1.82. The number of methoxy groups -OCH3 is 2. The number of thiophene rings is 1. The monoisotopic (exact) mass is 272 g/mol. The summed E-state index contributed by atoms with van der Waals surface area (Å²) in [4.78, 5) is 15.0. The number of carbonyl (C=O) groups is 1. The molecule has 18 heavy (non-hydrogen) atoms. The Morgan fingerprint density at radius 3 is 2.83 bits per heavy atom. The van der Waals surface area contributed by atoms with Crippen LogP contribution < -0.4 is 5.73 Å². The summed E-state index contributed by atoms with van der Waals surface area (Å²) in [5, 5.41) is 1.99. The third-order valence-electron chi connectivity index (χ3n) is 2.47. The molecule has 0 saturated carbocycles. The highest BCUT2D eigenvalue weighted by atomic mass is 32.1. The van der Waals surface area contributed by atoms with Gasteiger partial charge >= 0.3 is 0 Å². The van der Waals surface area contributed by atoms with Gasteiger partial charge in [0.05, 0.1) is 19.8 Å². The molecule has 0 aliphatic heterocycles. The third kappa shape index (κ3) is 4.73. The number of nitrogens with two attached hydrogens (primary N) is 1. The lowest BCUT2D eigenvalue weighted by molar-refractivity contribution is -0.135. The SMILES string of the molecule is COCCN(Cc1cccs1)C(=O)C(N)COC. The predicted octanol–water partition coefficient (Wildman–Crippen LogP) is 0.697. The Hall–Kier alpha value is -0.950. The minimum absolute atomic E-state index is 0.109. The Morgan fingerprint density at radius 1 is 1.50 bits per heavy atom. The molecule has 1 unspecified atom stereocenters. The highest BCUT2D eigenvalue weighted by molar-refractivity contribution is 7.09. The highest BCUT2D eigenvalue weighted by Crippen LogP contribution is 2.12. The van der Waals surface area contributed by atoms with E-state index in [9.17, 15) is 4.79 Å². The van der Waals surface area contributed by atoms with Gasteiger partial charge in [-0.1, -0.05) is 6.07 Å². The number of nitrogens with zero attached hydrogens (tertiary/aromatic N) is 1. The fourth-order valence-corrected chi connectivity index (χ4v) is 2.26. The van der Waals surface area contributed by atoms with Gasteiger partial charge in [0, 0.05) is 25.6 Å². The Labute approximate surface area is 111 Å². The summed E-state index contributed by atoms with van der Waals surface area (Å²) < 4.78 is 9.93. The summed E-state index contributed by atoms with van der Waals surface area (Å²) in [6.07, 6.45) is 0. The number of carbonyl (C=O) groups excluding carboxylic acids is 1. The molecule has 102 valence electrons. The van der Waals surface area contributed by atoms with Crippen molar-refractivity contribution in [2.24, 2.45) is 5.73 Å². The van der Waals surface area contributed by atoms with Crippen LogP contribution in [0.5, 0.6) is 0 Å². The average Bonchev–Trinajstić information content (AvgIpc) is 2.86. The number of ether oxygens (including phenoxy) is 2. The molecule has 1 amide bonds. The number of rotatable bonds is 8. The molecule has 0 spiro atoms. The maximum Gasteiger partial charge on any atom is 0.242 e. The van der Waals surface area contributed by atoms with E-state index >= 15 is 0 Å². The molecular weight excluding hydrogens is 252 g/mol. The van der Waals surface area contributed by atoms with Crippen LogP contribution in [-0.4, -0.2) is 50.8 Å². The van der Waals surface area contributed by atoms with Crippen molar-refractivity contribution in [3.05, 3.63) is 22.4 Å². The molecule has 0 radical (unpaired) electrons. The Morgan fingerprint density at radius 2 is 2.28 bits per heavy atom. The topological polar surface area (TPSA) is 64.8 Å². The van der Waals surface area contributed by atoms with E-state index in [0.29, 0.717) is 19.7 Å². The van der Waals surface area contributed by atoms with E-state index in [0.717, 1.165) is 4.88 Å². The van der Waals surface area contributed by atoms with Crippen LogP contribution in [0.2, 0.25) is 0 Å². The van der Waals surface area contributed by atoms with Crippen molar-refractivity contribution in [2.75, 3.05) is 34.0 Å². The fourth-order valence-electron chi connectivity index (χ4n) is 1.54. The van der Waals surface area contributed by atoms with Gasteiger partial charge in [-0.25, -0.2) is 0 Å². The standard InChI is InChI=1S/C12H20N2O3S/c1-16-6-5-14(8-10-4-3-7-18-10)12(15)11(13)9-17-2/h3-4,7,11H,5-6,8-9,13H2,1-2H3. The molecule has 1 rings (SSSR count). The van der Waals surface area contributed by atoms with Gasteiger partial charge in [-0.2, -0.15) is 0 Å². The van der Waals surface area contributed by atoms with Crippen LogP contribution in [0, 0.1) is 0 Å². The first-order valence-electron chi connectivity index (χ1n) is 5.73. The minimum Gasteiger partial charge on any atom is -0.383 e. The van der Waals surface area contributed by atoms with Gasteiger partial charge in [0.1, 0.15) is 6.04 Å². The van der Waals surface area contributed by atoms with Crippen molar-refractivity contribution >= 4 is 17.2 Å². The zero-order valence-corrected chi connectivity index (χ0v) is 11.6. The second-order valence-corrected chi connectivity index (χ2v) is 4.93. The Balaban J connectivity index is 2.61. The van der Waals surface area contributed by atoms with Gasteiger partial charge in [-0.15, -0.1) is 11.3 Å². The summed E-state index contributed by atoms with van der Waals surface area (Å²) >= 11 is 1.62. The smallest absolute Gasteiger partial charge is 0.242 e. The molecule has 5 nitrogen and oxygen atoms in total. The van der Waals surface area contributed by atoms with Crippen LogP contribution >= 0.6 is 11.3 Å². The molecule has 0 aliphatic rings. The second-order valence-electron chi connectivity index (χ2n) is 3.89. The van der Waals surface area contributed by atoms with Crippen LogP contribution in [0.25, 0.3) is 0 Å². The van der Waals surface area contributed by atoms with E-state index in [4.69, 9.17) is 15.2 Å². The van der Waals surface area contributed by atoms with Crippen LogP contribution in [-0.2, 0) is 20.8 Å². The molecule has 0 aliphatic carbocycles. The largest absolute Gasteiger partial charge is 0.383 e. The van der Waals surface area contributed by atoms with Crippen molar-refractivity contribution in [3.8, 4) is 0 Å². The first kappa shape index (κ1) is 15.1. The molecule has 1 aromatic rings. The van der Waals surface area contributed by atoms with Crippen molar-refractivity contribution in [2.45, 2.75) is 12.6 Å². The van der Waals surface area contributed by atoms with Gasteiger partial charge in [0.25, 0.3) is 0 Å². The molecule has 1 aromatic heterocycles. The summed E-state index contributed by atoms with van der Waals surface area (Å²) in [5.41, 5.74) is 5.78. The fraction of sp³-hybridized carbons (Fsp3) is 0.583. The molecule has 2 N–H and O–H groups in total. The first-order chi connectivity index (χ1) is 8.69. The van der Waals surface area contributed by atoms with Gasteiger partial charge in [0.15, 0.2) is 0 Å². The third-order valence-corrected chi connectivity index (χ3v) is 3.33. The second kappa shape index (κ2) is 8.20. The van der Waals surface area contributed by atoms with E-state index < -0.39 is 6.04 Å². The molecule has 0 bridgehead atoms. The maximum atomic E-state index is 12.1. The van der Waals surface area contributed by atoms with E-state index in [-0.39, 0.29) is 12.5 Å². The van der Waals surface area contributed by atoms with Gasteiger partial charge in [0.2, 0.25) is 5.91 Å². The lowest BCUT2D eigenvalue weighted by Gasteiger charge is -2.24. The van der Waals surface area contributed by atoms with E-state index in [1.165, 1.54) is 7.11 Å². The number of amides is 1. The molecule has 0 saturated heterocycles. The molecule has 1 atom stereocenters. The predicted molar refractivity (Wildman–Crippen MR) is 71.5 cm³/mol. The molecule has 1 heterocycles. The quantitative estimate of drug-likeness (QED) is 0.756. The van der Waals surface area contributed by atoms with Crippen LogP contribution in [0.1, 0.15) is 4.88 Å². The van der Waals surface area contributed by atoms with Crippen molar-refractivity contribution in [1.29, 1.82) is 0 Å². The van der Waals surface area contributed by atoms with Crippen LogP contribution in [0.15, 0.2) is 17.5 Å². The Kier molecular flexibility index (Phi) is 6.89. The normalized spacial score (nSPS) is 12.4. The lowest BCUT2D eigenvalue weighted by Crippen LogP contribution is -2.46. The molecule has 6 heteroatoms. The summed E-state index contributed by atoms with van der Waals surface area (Å²) in [7, 11) is 3.15. The lowest BCUT2D eigenvalue weighted by atomic mass is 10.2. The summed E-state index contributed by atoms with van der Waals surface area (Å²) in [6, 6.07) is 3.35. The highest BCUT2D eigenvalue weighted by Gasteiger charge is 2.21. The Bertz CT molecular complexity index is 343. The zero-order valence-electron chi connectivity index (χ0n) is 10.8. The summed E-state index contributed by atoms with van der Waals surface area (Å²) in [5.74, 6) is -0.109. The zero-order chi connectivity index (χ0) is 13.4. The first-order valence-corrected chi connectivity index (χ1v) is 6.61. The molecule has 0 fully saturated rings. The van der Waals surface area contributed by atoms with Crippen molar-refractivity contribution in [1.82, 2.24) is 4.90 Å². The molecular formula is C12H20N2O3S. The van der Waals surface area contributed by atoms with Crippen LogP contribution in [0.4, 0.5) is 0 Å². The van der Waals surface area contributed by atoms with Gasteiger partial charge < -0.3 is 20.1 Å². The van der Waals surface area contributed by atoms with Crippen molar-refractivity contribution in [3.63, 3.8) is 0 Å². The number of hydrogen-bond donors (Lipinski definition) is 1. The van der Waals surface area contributed by atoms with Gasteiger partial charge in [-0.05, 0) is 11.4 Å². The van der Waals surface area contributed by atoms with E-state index in [1.54, 1.807) is 23.3 Å². The van der Waals surface area contributed by atoms with E-state index in [2.05, 4.69) is 0 Å². The van der Waals surface area contributed by atoms with E-state index in [1.807, 2.05) is 17.5 Å². The maximum absolute atomic E-state index is 12.1.